The second-order valence-corrected chi connectivity index (χ2v) is 5.75. The van der Waals surface area contributed by atoms with Gasteiger partial charge in [-0.25, -0.2) is 4.98 Å². The van der Waals surface area contributed by atoms with Gasteiger partial charge in [-0.05, 0) is 27.0 Å². The summed E-state index contributed by atoms with van der Waals surface area (Å²) in [6, 6.07) is 8.58. The van der Waals surface area contributed by atoms with Gasteiger partial charge in [-0.3, -0.25) is 0 Å². The monoisotopic (exact) mass is 271 g/mol. The highest BCUT2D eigenvalue weighted by atomic mass is 16.5. The fraction of sp³-hybridized carbons (Fsp3) is 0.438. The average Bonchev–Trinajstić information content (AvgIpc) is 2.97. The van der Waals surface area contributed by atoms with E-state index in [-0.39, 0.29) is 5.54 Å². The standard InChI is InChI=1S/C16H21N3O/c1-16(2,17-3)15-10-18-11-19(15)13-8-9-20-14-7-5-4-6-12(13)14/h4-7,10-11,13,17H,8-9H2,1-3H3. The van der Waals surface area contributed by atoms with Gasteiger partial charge in [0.2, 0.25) is 0 Å². The van der Waals surface area contributed by atoms with E-state index in [1.54, 1.807) is 0 Å². The van der Waals surface area contributed by atoms with Crippen molar-refractivity contribution in [3.05, 3.63) is 48.0 Å². The number of benzene rings is 1. The maximum atomic E-state index is 5.75. The summed E-state index contributed by atoms with van der Waals surface area (Å²) in [7, 11) is 1.98. The molecule has 0 fully saturated rings. The topological polar surface area (TPSA) is 39.1 Å². The smallest absolute Gasteiger partial charge is 0.124 e. The maximum absolute atomic E-state index is 5.75. The van der Waals surface area contributed by atoms with E-state index in [1.807, 2.05) is 31.7 Å². The van der Waals surface area contributed by atoms with Crippen molar-refractivity contribution in [1.29, 1.82) is 0 Å². The number of aromatic nitrogens is 2. The lowest BCUT2D eigenvalue weighted by molar-refractivity contribution is 0.250. The highest BCUT2D eigenvalue weighted by Gasteiger charge is 2.29. The minimum absolute atomic E-state index is 0.107. The molecule has 0 saturated carbocycles. The summed E-state index contributed by atoms with van der Waals surface area (Å²) >= 11 is 0. The molecule has 2 aromatic rings. The van der Waals surface area contributed by atoms with E-state index in [9.17, 15) is 0 Å². The molecular formula is C16H21N3O. The van der Waals surface area contributed by atoms with Gasteiger partial charge in [0.15, 0.2) is 0 Å². The first-order valence-corrected chi connectivity index (χ1v) is 7.06. The summed E-state index contributed by atoms with van der Waals surface area (Å²) < 4.78 is 8.03. The van der Waals surface area contributed by atoms with E-state index in [1.165, 1.54) is 11.3 Å². The molecule has 3 rings (SSSR count). The van der Waals surface area contributed by atoms with Gasteiger partial charge in [0.1, 0.15) is 5.75 Å². The Bertz CT molecular complexity index is 603. The number of hydrogen-bond donors (Lipinski definition) is 1. The second-order valence-electron chi connectivity index (χ2n) is 5.75. The lowest BCUT2D eigenvalue weighted by atomic mass is 9.97. The molecule has 1 aliphatic rings. The fourth-order valence-electron chi connectivity index (χ4n) is 2.78. The zero-order valence-corrected chi connectivity index (χ0v) is 12.3. The van der Waals surface area contributed by atoms with E-state index in [4.69, 9.17) is 4.74 Å². The van der Waals surface area contributed by atoms with Crippen molar-refractivity contribution in [2.75, 3.05) is 13.7 Å². The summed E-state index contributed by atoms with van der Waals surface area (Å²) in [6.07, 6.45) is 4.86. The third-order valence-corrected chi connectivity index (χ3v) is 4.19. The molecule has 1 unspecified atom stereocenters. The summed E-state index contributed by atoms with van der Waals surface area (Å²) in [5.41, 5.74) is 2.33. The van der Waals surface area contributed by atoms with Crippen LogP contribution in [-0.2, 0) is 5.54 Å². The molecule has 20 heavy (non-hydrogen) atoms. The molecule has 1 aliphatic heterocycles. The van der Waals surface area contributed by atoms with Crippen molar-refractivity contribution < 1.29 is 4.74 Å². The van der Waals surface area contributed by atoms with Gasteiger partial charge in [-0.1, -0.05) is 18.2 Å². The lowest BCUT2D eigenvalue weighted by Gasteiger charge is -2.32. The van der Waals surface area contributed by atoms with Crippen LogP contribution in [0.2, 0.25) is 0 Å². The predicted octanol–water partition coefficient (Wildman–Crippen LogP) is 2.71. The van der Waals surface area contributed by atoms with Crippen molar-refractivity contribution in [2.45, 2.75) is 31.8 Å². The van der Waals surface area contributed by atoms with Crippen LogP contribution in [0.5, 0.6) is 5.75 Å². The Labute approximate surface area is 119 Å². The van der Waals surface area contributed by atoms with Crippen molar-refractivity contribution >= 4 is 0 Å². The van der Waals surface area contributed by atoms with Crippen LogP contribution in [0.25, 0.3) is 0 Å². The Morgan fingerprint density at radius 2 is 2.15 bits per heavy atom. The quantitative estimate of drug-likeness (QED) is 0.933. The SMILES string of the molecule is CNC(C)(C)c1cncn1C1CCOc2ccccc21. The third-order valence-electron chi connectivity index (χ3n) is 4.19. The van der Waals surface area contributed by atoms with Gasteiger partial charge in [-0.2, -0.15) is 0 Å². The fourth-order valence-corrected chi connectivity index (χ4v) is 2.78. The molecule has 1 aromatic heterocycles. The van der Waals surface area contributed by atoms with Crippen LogP contribution in [0.15, 0.2) is 36.8 Å². The minimum Gasteiger partial charge on any atom is -0.493 e. The van der Waals surface area contributed by atoms with Gasteiger partial charge in [-0.15, -0.1) is 0 Å². The number of para-hydroxylation sites is 1. The molecule has 1 atom stereocenters. The molecule has 4 heteroatoms. The van der Waals surface area contributed by atoms with Crippen LogP contribution >= 0.6 is 0 Å². The molecule has 1 aromatic carbocycles. The second kappa shape index (κ2) is 4.94. The molecule has 0 aliphatic carbocycles. The van der Waals surface area contributed by atoms with Gasteiger partial charge in [0, 0.05) is 12.0 Å². The number of rotatable bonds is 3. The van der Waals surface area contributed by atoms with Crippen molar-refractivity contribution in [1.82, 2.24) is 14.9 Å². The van der Waals surface area contributed by atoms with E-state index in [0.29, 0.717) is 6.04 Å². The first-order chi connectivity index (χ1) is 9.63. The molecule has 2 heterocycles. The molecule has 0 saturated heterocycles. The minimum atomic E-state index is -0.107. The number of imidazole rings is 1. The molecule has 0 bridgehead atoms. The van der Waals surface area contributed by atoms with Crippen LogP contribution in [-0.4, -0.2) is 23.2 Å². The van der Waals surface area contributed by atoms with Gasteiger partial charge in [0.05, 0.1) is 36.4 Å². The summed E-state index contributed by atoms with van der Waals surface area (Å²) in [5, 5.41) is 3.36. The number of ether oxygens (including phenoxy) is 1. The van der Waals surface area contributed by atoms with Crippen LogP contribution in [0.3, 0.4) is 0 Å². The number of nitrogens with one attached hydrogen (secondary N) is 1. The van der Waals surface area contributed by atoms with E-state index < -0.39 is 0 Å². The van der Waals surface area contributed by atoms with Gasteiger partial charge >= 0.3 is 0 Å². The van der Waals surface area contributed by atoms with E-state index in [0.717, 1.165) is 18.8 Å². The molecule has 0 amide bonds. The van der Waals surface area contributed by atoms with Crippen LogP contribution in [0.1, 0.15) is 37.6 Å². The zero-order chi connectivity index (χ0) is 14.2. The average molecular weight is 271 g/mol. The zero-order valence-electron chi connectivity index (χ0n) is 12.3. The highest BCUT2D eigenvalue weighted by molar-refractivity contribution is 5.38. The summed E-state index contributed by atoms with van der Waals surface area (Å²) in [6.45, 7) is 5.09. The molecule has 0 radical (unpaired) electrons. The molecule has 1 N–H and O–H groups in total. The predicted molar refractivity (Wildman–Crippen MR) is 79.0 cm³/mol. The third kappa shape index (κ3) is 2.10. The number of fused-ring (bicyclic) bond motifs is 1. The highest BCUT2D eigenvalue weighted by Crippen LogP contribution is 2.36. The Balaban J connectivity index is 2.06. The van der Waals surface area contributed by atoms with Gasteiger partial charge < -0.3 is 14.6 Å². The Morgan fingerprint density at radius 1 is 1.35 bits per heavy atom. The Hall–Kier alpha value is -1.81. The molecular weight excluding hydrogens is 250 g/mol. The van der Waals surface area contributed by atoms with E-state index >= 15 is 0 Å². The largest absolute Gasteiger partial charge is 0.493 e. The van der Waals surface area contributed by atoms with Crippen molar-refractivity contribution in [3.8, 4) is 5.75 Å². The number of hydrogen-bond acceptors (Lipinski definition) is 3. The first-order valence-electron chi connectivity index (χ1n) is 7.06. The lowest BCUT2D eigenvalue weighted by Crippen LogP contribution is -2.36. The van der Waals surface area contributed by atoms with Gasteiger partial charge in [0.25, 0.3) is 0 Å². The molecule has 4 nitrogen and oxygen atoms in total. The van der Waals surface area contributed by atoms with Crippen LogP contribution in [0, 0.1) is 0 Å². The molecule has 106 valence electrons. The van der Waals surface area contributed by atoms with E-state index in [2.05, 4.69) is 40.8 Å². The summed E-state index contributed by atoms with van der Waals surface area (Å²) in [5.74, 6) is 0.991. The van der Waals surface area contributed by atoms with Crippen LogP contribution in [0.4, 0.5) is 0 Å². The van der Waals surface area contributed by atoms with Crippen LogP contribution < -0.4 is 10.1 Å². The summed E-state index contributed by atoms with van der Waals surface area (Å²) in [4.78, 5) is 4.37. The Kier molecular flexibility index (Phi) is 3.26. The number of nitrogens with zero attached hydrogens (tertiary/aromatic N) is 2. The normalized spacial score (nSPS) is 18.4. The molecule has 0 spiro atoms. The van der Waals surface area contributed by atoms with Crippen molar-refractivity contribution in [2.24, 2.45) is 0 Å². The first kappa shape index (κ1) is 13.2. The maximum Gasteiger partial charge on any atom is 0.124 e. The van der Waals surface area contributed by atoms with Crippen molar-refractivity contribution in [3.63, 3.8) is 0 Å². The Morgan fingerprint density at radius 3 is 2.95 bits per heavy atom.